The van der Waals surface area contributed by atoms with Crippen molar-refractivity contribution in [1.82, 2.24) is 10.6 Å². The number of aliphatic imine (C=N–C) groups is 1. The second-order valence-electron chi connectivity index (χ2n) is 3.30. The third-order valence-electron chi connectivity index (χ3n) is 2.25. The molecule has 1 fully saturated rings. The highest BCUT2D eigenvalue weighted by Crippen LogP contribution is 2.10. The lowest BCUT2D eigenvalue weighted by atomic mass is 10.0. The van der Waals surface area contributed by atoms with E-state index in [1.165, 1.54) is 24.6 Å². The Balaban J connectivity index is 2.31. The molecule has 4 nitrogen and oxygen atoms in total. The summed E-state index contributed by atoms with van der Waals surface area (Å²) < 4.78 is 0. The van der Waals surface area contributed by atoms with Gasteiger partial charge in [0.05, 0.1) is 0 Å². The minimum Gasteiger partial charge on any atom is -0.316 e. The zero-order valence-electron chi connectivity index (χ0n) is 8.42. The molecule has 0 spiro atoms. The van der Waals surface area contributed by atoms with Crippen molar-refractivity contribution in [3.63, 3.8) is 0 Å². The molecule has 2 N–H and O–H groups in total. The van der Waals surface area contributed by atoms with E-state index in [9.17, 15) is 0 Å². The molecule has 1 rings (SSSR count). The van der Waals surface area contributed by atoms with Crippen LogP contribution in [0.1, 0.15) is 12.8 Å². The average Bonchev–Trinajstić information content (AvgIpc) is 2.25. The summed E-state index contributed by atoms with van der Waals surface area (Å²) in [5.74, 6) is 0.631. The largest absolute Gasteiger partial charge is 0.316 e. The van der Waals surface area contributed by atoms with Gasteiger partial charge in [-0.05, 0) is 38.1 Å². The Bertz CT molecular complexity index is 227. The van der Waals surface area contributed by atoms with Crippen molar-refractivity contribution in [2.45, 2.75) is 12.8 Å². The van der Waals surface area contributed by atoms with Crippen molar-refractivity contribution < 1.29 is 0 Å². The number of nitrogens with one attached hydrogen (secondary N) is 2. The smallest absolute Gasteiger partial charge is 0.183 e. The van der Waals surface area contributed by atoms with Crippen LogP contribution >= 0.6 is 11.8 Å². The lowest BCUT2D eigenvalue weighted by Crippen LogP contribution is -2.31. The van der Waals surface area contributed by atoms with Gasteiger partial charge in [-0.25, -0.2) is 0 Å². The molecule has 78 valence electrons. The van der Waals surface area contributed by atoms with Crippen molar-refractivity contribution in [2.24, 2.45) is 10.9 Å². The Kier molecular flexibility index (Phi) is 5.42. The molecule has 0 saturated carbocycles. The summed E-state index contributed by atoms with van der Waals surface area (Å²) in [5, 5.41) is 15.1. The van der Waals surface area contributed by atoms with Crippen molar-refractivity contribution in [3.05, 3.63) is 0 Å². The van der Waals surface area contributed by atoms with Crippen molar-refractivity contribution >= 4 is 16.9 Å². The van der Waals surface area contributed by atoms with Crippen LogP contribution in [0.5, 0.6) is 0 Å². The van der Waals surface area contributed by atoms with Crippen LogP contribution in [-0.2, 0) is 0 Å². The summed E-state index contributed by atoms with van der Waals surface area (Å²) in [7, 11) is 0. The topological polar surface area (TPSA) is 60.2 Å². The lowest BCUT2D eigenvalue weighted by Gasteiger charge is -2.20. The summed E-state index contributed by atoms with van der Waals surface area (Å²) in [5.41, 5.74) is 0. The maximum absolute atomic E-state index is 8.44. The first-order valence-electron chi connectivity index (χ1n) is 4.81. The zero-order valence-corrected chi connectivity index (χ0v) is 9.23. The van der Waals surface area contributed by atoms with Gasteiger partial charge >= 0.3 is 0 Å². The summed E-state index contributed by atoms with van der Waals surface area (Å²) in [6, 6.07) is 0. The van der Waals surface area contributed by atoms with Crippen molar-refractivity contribution in [3.8, 4) is 6.19 Å². The molecule has 1 saturated heterocycles. The number of rotatable bonds is 2. The summed E-state index contributed by atoms with van der Waals surface area (Å²) in [6.07, 6.45) is 6.29. The predicted octanol–water partition coefficient (Wildman–Crippen LogP) is 0.776. The molecule has 1 unspecified atom stereocenters. The summed E-state index contributed by atoms with van der Waals surface area (Å²) in [6.45, 7) is 3.00. The van der Waals surface area contributed by atoms with E-state index >= 15 is 0 Å². The molecule has 1 aliphatic heterocycles. The molecule has 0 aromatic carbocycles. The first-order valence-corrected chi connectivity index (χ1v) is 6.03. The van der Waals surface area contributed by atoms with Gasteiger partial charge in [-0.3, -0.25) is 10.3 Å². The van der Waals surface area contributed by atoms with Crippen LogP contribution in [0.2, 0.25) is 0 Å². The van der Waals surface area contributed by atoms with Gasteiger partial charge in [0.25, 0.3) is 0 Å². The fourth-order valence-electron chi connectivity index (χ4n) is 1.49. The number of hydrogen-bond acceptors (Lipinski definition) is 4. The normalized spacial score (nSPS) is 22.9. The van der Waals surface area contributed by atoms with Gasteiger partial charge in [0, 0.05) is 6.54 Å². The molecule has 1 atom stereocenters. The Morgan fingerprint density at radius 2 is 2.64 bits per heavy atom. The molecule has 0 aliphatic carbocycles. The number of nitriles is 1. The fraction of sp³-hybridized carbons (Fsp3) is 0.778. The Morgan fingerprint density at radius 3 is 3.21 bits per heavy atom. The highest BCUT2D eigenvalue weighted by Gasteiger charge is 2.12. The zero-order chi connectivity index (χ0) is 10.2. The van der Waals surface area contributed by atoms with Gasteiger partial charge in [-0.2, -0.15) is 5.26 Å². The second-order valence-corrected chi connectivity index (χ2v) is 4.09. The average molecular weight is 212 g/mol. The molecule has 0 aromatic rings. The van der Waals surface area contributed by atoms with E-state index in [1.807, 2.05) is 12.4 Å². The molecule has 1 heterocycles. The highest BCUT2D eigenvalue weighted by atomic mass is 32.2. The molecule has 14 heavy (non-hydrogen) atoms. The van der Waals surface area contributed by atoms with Crippen LogP contribution < -0.4 is 10.6 Å². The number of piperidine rings is 1. The monoisotopic (exact) mass is 212 g/mol. The quantitative estimate of drug-likeness (QED) is 0.307. The molecular formula is C9H16N4S. The summed E-state index contributed by atoms with van der Waals surface area (Å²) in [4.78, 5) is 4.36. The van der Waals surface area contributed by atoms with Gasteiger partial charge in [0.2, 0.25) is 0 Å². The van der Waals surface area contributed by atoms with Crippen LogP contribution in [0.3, 0.4) is 0 Å². The standard InChI is InChI=1S/C9H16N4S/c1-14-9(13-7-10)12-6-8-3-2-4-11-5-8/h8,11H,2-6H2,1H3,(H,12,13). The molecule has 0 bridgehead atoms. The van der Waals surface area contributed by atoms with Crippen LogP contribution in [0.4, 0.5) is 0 Å². The van der Waals surface area contributed by atoms with Crippen LogP contribution in [0, 0.1) is 17.4 Å². The molecule has 0 aromatic heterocycles. The maximum atomic E-state index is 8.44. The second kappa shape index (κ2) is 6.68. The van der Waals surface area contributed by atoms with Gasteiger partial charge in [-0.1, -0.05) is 11.8 Å². The fourth-order valence-corrected chi connectivity index (χ4v) is 1.85. The van der Waals surface area contributed by atoms with Gasteiger partial charge in [0.15, 0.2) is 11.4 Å². The Morgan fingerprint density at radius 1 is 1.79 bits per heavy atom. The number of amidine groups is 1. The van der Waals surface area contributed by atoms with E-state index in [-0.39, 0.29) is 0 Å². The molecular weight excluding hydrogens is 196 g/mol. The lowest BCUT2D eigenvalue weighted by molar-refractivity contribution is 0.386. The Labute approximate surface area is 89.2 Å². The first kappa shape index (κ1) is 11.3. The predicted molar refractivity (Wildman–Crippen MR) is 60.2 cm³/mol. The van der Waals surface area contributed by atoms with E-state index in [1.54, 1.807) is 0 Å². The van der Waals surface area contributed by atoms with Gasteiger partial charge in [0.1, 0.15) is 0 Å². The van der Waals surface area contributed by atoms with Gasteiger partial charge in [-0.15, -0.1) is 0 Å². The number of nitrogens with zero attached hydrogens (tertiary/aromatic N) is 2. The molecule has 5 heteroatoms. The van der Waals surface area contributed by atoms with Crippen LogP contribution in [0.25, 0.3) is 0 Å². The third-order valence-corrected chi connectivity index (χ3v) is 2.87. The maximum Gasteiger partial charge on any atom is 0.183 e. The highest BCUT2D eigenvalue weighted by molar-refractivity contribution is 8.13. The van der Waals surface area contributed by atoms with E-state index in [4.69, 9.17) is 5.26 Å². The minimum atomic E-state index is 0.631. The number of hydrogen-bond donors (Lipinski definition) is 2. The molecule has 0 amide bonds. The van der Waals surface area contributed by atoms with Crippen LogP contribution in [-0.4, -0.2) is 31.1 Å². The SMILES string of the molecule is CSC(=NCC1CCCNC1)NC#N. The first-order chi connectivity index (χ1) is 6.86. The minimum absolute atomic E-state index is 0.631. The molecule has 0 radical (unpaired) electrons. The Hall–Kier alpha value is -0.730. The van der Waals surface area contributed by atoms with Crippen molar-refractivity contribution in [1.29, 1.82) is 5.26 Å². The molecule has 1 aliphatic rings. The van der Waals surface area contributed by atoms with Crippen molar-refractivity contribution in [2.75, 3.05) is 25.9 Å². The number of thioether (sulfide) groups is 1. The van der Waals surface area contributed by atoms with E-state index < -0.39 is 0 Å². The summed E-state index contributed by atoms with van der Waals surface area (Å²) >= 11 is 1.48. The van der Waals surface area contributed by atoms with Gasteiger partial charge < -0.3 is 5.32 Å². The van der Waals surface area contributed by atoms with E-state index in [0.29, 0.717) is 5.92 Å². The van der Waals surface area contributed by atoms with E-state index in [0.717, 1.165) is 24.8 Å². The van der Waals surface area contributed by atoms with E-state index in [2.05, 4.69) is 15.6 Å². The van der Waals surface area contributed by atoms with Crippen LogP contribution in [0.15, 0.2) is 4.99 Å². The third kappa shape index (κ3) is 3.99.